The van der Waals surface area contributed by atoms with Crippen LogP contribution >= 0.6 is 0 Å². The Labute approximate surface area is 75.1 Å². The highest BCUT2D eigenvalue weighted by Crippen LogP contribution is 2.44. The predicted octanol–water partition coefficient (Wildman–Crippen LogP) is 2.27. The summed E-state index contributed by atoms with van der Waals surface area (Å²) in [5.41, 5.74) is 0. The summed E-state index contributed by atoms with van der Waals surface area (Å²) in [6.45, 7) is 2.87. The van der Waals surface area contributed by atoms with Crippen molar-refractivity contribution in [2.45, 2.75) is 44.6 Å². The summed E-state index contributed by atoms with van der Waals surface area (Å²) >= 11 is 0. The molecule has 1 saturated carbocycles. The highest BCUT2D eigenvalue weighted by atomic mass is 15.2. The lowest BCUT2D eigenvalue weighted by Crippen LogP contribution is -2.30. The third-order valence-electron chi connectivity index (χ3n) is 4.35. The molecule has 1 aliphatic carbocycles. The van der Waals surface area contributed by atoms with E-state index in [2.05, 4.69) is 4.90 Å². The van der Waals surface area contributed by atoms with Crippen LogP contribution in [0.15, 0.2) is 0 Å². The average molecular weight is 165 g/mol. The van der Waals surface area contributed by atoms with Crippen molar-refractivity contribution in [1.29, 1.82) is 0 Å². The summed E-state index contributed by atoms with van der Waals surface area (Å²) in [5, 5.41) is 0. The standard InChI is InChI=1S/C11H19N/c1-2-7-12-8-9(4-1)10-5-3-6-11(10)12/h9-11H,1-8H2. The fourth-order valence-corrected chi connectivity index (χ4v) is 3.83. The zero-order chi connectivity index (χ0) is 7.97. The molecule has 0 aromatic heterocycles. The van der Waals surface area contributed by atoms with Gasteiger partial charge in [0.25, 0.3) is 0 Å². The van der Waals surface area contributed by atoms with Gasteiger partial charge < -0.3 is 0 Å². The molecule has 1 heteroatoms. The lowest BCUT2D eigenvalue weighted by molar-refractivity contribution is 0.236. The normalized spacial score (nSPS) is 52.0. The number of hydrogen-bond donors (Lipinski definition) is 0. The Bertz CT molecular complexity index is 160. The summed E-state index contributed by atoms with van der Waals surface area (Å²) in [6.07, 6.45) is 9.09. The van der Waals surface area contributed by atoms with E-state index < -0.39 is 0 Å². The van der Waals surface area contributed by atoms with Gasteiger partial charge in [0.15, 0.2) is 0 Å². The maximum atomic E-state index is 2.80. The van der Waals surface area contributed by atoms with Crippen LogP contribution in [-0.4, -0.2) is 24.0 Å². The Morgan fingerprint density at radius 2 is 1.92 bits per heavy atom. The zero-order valence-corrected chi connectivity index (χ0v) is 7.84. The zero-order valence-electron chi connectivity index (χ0n) is 7.84. The Morgan fingerprint density at radius 1 is 0.917 bits per heavy atom. The molecule has 4 atom stereocenters. The first-order valence-corrected chi connectivity index (χ1v) is 5.69. The van der Waals surface area contributed by atoms with Crippen molar-refractivity contribution in [3.8, 4) is 0 Å². The predicted molar refractivity (Wildman–Crippen MR) is 50.0 cm³/mol. The van der Waals surface area contributed by atoms with E-state index in [1.54, 1.807) is 6.42 Å². The molecule has 68 valence electrons. The summed E-state index contributed by atoms with van der Waals surface area (Å²) in [6, 6.07) is 1.02. The van der Waals surface area contributed by atoms with Crippen molar-refractivity contribution in [2.24, 2.45) is 11.8 Å². The first kappa shape index (κ1) is 7.37. The summed E-state index contributed by atoms with van der Waals surface area (Å²) in [5.74, 6) is 2.21. The van der Waals surface area contributed by atoms with E-state index in [1.807, 2.05) is 0 Å². The van der Waals surface area contributed by atoms with Gasteiger partial charge in [0.05, 0.1) is 0 Å². The van der Waals surface area contributed by atoms with Crippen molar-refractivity contribution >= 4 is 0 Å². The van der Waals surface area contributed by atoms with E-state index >= 15 is 0 Å². The molecular formula is C11H19N. The second-order valence-corrected chi connectivity index (χ2v) is 4.91. The molecule has 0 aromatic rings. The average Bonchev–Trinajstić information content (AvgIpc) is 2.53. The summed E-state index contributed by atoms with van der Waals surface area (Å²) in [7, 11) is 0. The van der Waals surface area contributed by atoms with Gasteiger partial charge in [0.2, 0.25) is 0 Å². The van der Waals surface area contributed by atoms with Gasteiger partial charge >= 0.3 is 0 Å². The molecule has 3 rings (SSSR count). The van der Waals surface area contributed by atoms with Crippen molar-refractivity contribution < 1.29 is 0 Å². The first-order chi connectivity index (χ1) is 5.95. The fraction of sp³-hybridized carbons (Fsp3) is 1.00. The van der Waals surface area contributed by atoms with E-state index in [1.165, 1.54) is 45.2 Å². The van der Waals surface area contributed by atoms with Crippen LogP contribution in [0.4, 0.5) is 0 Å². The van der Waals surface area contributed by atoms with E-state index in [-0.39, 0.29) is 0 Å². The first-order valence-electron chi connectivity index (χ1n) is 5.69. The lowest BCUT2D eigenvalue weighted by atomic mass is 9.88. The molecule has 2 heterocycles. The van der Waals surface area contributed by atoms with Crippen molar-refractivity contribution in [1.82, 2.24) is 4.90 Å². The monoisotopic (exact) mass is 165 g/mol. The molecule has 12 heavy (non-hydrogen) atoms. The maximum Gasteiger partial charge on any atom is 0.0127 e. The maximum absolute atomic E-state index is 2.80. The molecule has 2 bridgehead atoms. The minimum Gasteiger partial charge on any atom is -0.300 e. The highest BCUT2D eigenvalue weighted by Gasteiger charge is 2.44. The van der Waals surface area contributed by atoms with Crippen molar-refractivity contribution in [3.63, 3.8) is 0 Å². The molecule has 3 aliphatic rings. The molecule has 4 unspecified atom stereocenters. The lowest BCUT2D eigenvalue weighted by Gasteiger charge is -2.24. The molecule has 2 saturated heterocycles. The van der Waals surface area contributed by atoms with Crippen molar-refractivity contribution in [2.75, 3.05) is 13.1 Å². The largest absolute Gasteiger partial charge is 0.300 e. The van der Waals surface area contributed by atoms with E-state index in [4.69, 9.17) is 0 Å². The highest BCUT2D eigenvalue weighted by molar-refractivity contribution is 4.97. The number of nitrogens with zero attached hydrogens (tertiary/aromatic N) is 1. The number of rotatable bonds is 0. The molecule has 0 aromatic carbocycles. The van der Waals surface area contributed by atoms with Crippen molar-refractivity contribution in [3.05, 3.63) is 0 Å². The van der Waals surface area contributed by atoms with Gasteiger partial charge in [-0.15, -0.1) is 0 Å². The summed E-state index contributed by atoms with van der Waals surface area (Å²) in [4.78, 5) is 2.80. The SMILES string of the molecule is C1CCN2CC(C1)C1CCCC12. The summed E-state index contributed by atoms with van der Waals surface area (Å²) < 4.78 is 0. The molecule has 3 fully saturated rings. The molecule has 0 N–H and O–H groups in total. The van der Waals surface area contributed by atoms with Gasteiger partial charge in [-0.2, -0.15) is 0 Å². The molecular weight excluding hydrogens is 146 g/mol. The third-order valence-corrected chi connectivity index (χ3v) is 4.35. The Hall–Kier alpha value is -0.0400. The smallest absolute Gasteiger partial charge is 0.0127 e. The van der Waals surface area contributed by atoms with E-state index in [0.717, 1.165) is 17.9 Å². The fourth-order valence-electron chi connectivity index (χ4n) is 3.83. The second-order valence-electron chi connectivity index (χ2n) is 4.91. The van der Waals surface area contributed by atoms with Gasteiger partial charge in [0.1, 0.15) is 0 Å². The Morgan fingerprint density at radius 3 is 2.92 bits per heavy atom. The van der Waals surface area contributed by atoms with E-state index in [0.29, 0.717) is 0 Å². The van der Waals surface area contributed by atoms with Crippen LogP contribution in [-0.2, 0) is 0 Å². The quantitative estimate of drug-likeness (QED) is 0.532. The molecule has 0 radical (unpaired) electrons. The van der Waals surface area contributed by atoms with Crippen LogP contribution in [0.25, 0.3) is 0 Å². The minimum atomic E-state index is 1.02. The molecule has 1 nitrogen and oxygen atoms in total. The third kappa shape index (κ3) is 0.953. The van der Waals surface area contributed by atoms with Crippen LogP contribution in [0, 0.1) is 11.8 Å². The van der Waals surface area contributed by atoms with Crippen LogP contribution in [0.2, 0.25) is 0 Å². The Kier molecular flexibility index (Phi) is 1.68. The van der Waals surface area contributed by atoms with Gasteiger partial charge in [-0.25, -0.2) is 0 Å². The van der Waals surface area contributed by atoms with Crippen LogP contribution in [0.3, 0.4) is 0 Å². The Balaban J connectivity index is 1.84. The van der Waals surface area contributed by atoms with Gasteiger partial charge in [-0.05, 0) is 44.1 Å². The molecule has 0 spiro atoms. The second kappa shape index (κ2) is 2.73. The van der Waals surface area contributed by atoms with Crippen LogP contribution in [0.5, 0.6) is 0 Å². The van der Waals surface area contributed by atoms with Gasteiger partial charge in [-0.1, -0.05) is 12.8 Å². The number of fused-ring (bicyclic) bond motifs is 5. The topological polar surface area (TPSA) is 3.24 Å². The minimum absolute atomic E-state index is 1.02. The number of hydrogen-bond acceptors (Lipinski definition) is 1. The van der Waals surface area contributed by atoms with Crippen LogP contribution in [0.1, 0.15) is 38.5 Å². The van der Waals surface area contributed by atoms with Crippen LogP contribution < -0.4 is 0 Å². The van der Waals surface area contributed by atoms with Gasteiger partial charge in [0, 0.05) is 12.6 Å². The molecule has 2 aliphatic heterocycles. The molecule has 0 amide bonds. The van der Waals surface area contributed by atoms with E-state index in [9.17, 15) is 0 Å². The van der Waals surface area contributed by atoms with Gasteiger partial charge in [-0.3, -0.25) is 4.90 Å².